The molecule has 0 saturated carbocycles. The van der Waals surface area contributed by atoms with Gasteiger partial charge in [-0.15, -0.1) is 0 Å². The molecule has 1 aliphatic heterocycles. The van der Waals surface area contributed by atoms with Gasteiger partial charge in [-0.2, -0.15) is 0 Å². The van der Waals surface area contributed by atoms with Crippen LogP contribution >= 0.6 is 0 Å². The molecule has 0 spiro atoms. The van der Waals surface area contributed by atoms with Gasteiger partial charge in [0.25, 0.3) is 0 Å². The van der Waals surface area contributed by atoms with Crippen LogP contribution < -0.4 is 10.6 Å². The number of carbonyl (C=O) groups excluding carboxylic acids is 1. The third-order valence-electron chi connectivity index (χ3n) is 3.42. The number of carboxylic acid groups (broad SMARTS) is 1. The molecule has 2 amide bonds. The van der Waals surface area contributed by atoms with Crippen molar-refractivity contribution in [1.82, 2.24) is 15.5 Å². The number of hydrogen-bond acceptors (Lipinski definition) is 3. The zero-order valence-corrected chi connectivity index (χ0v) is 11.3. The largest absolute Gasteiger partial charge is 0.481 e. The Bertz CT molecular complexity index is 309. The van der Waals surface area contributed by atoms with E-state index in [2.05, 4.69) is 29.5 Å². The van der Waals surface area contributed by atoms with E-state index < -0.39 is 11.9 Å². The Morgan fingerprint density at radius 2 is 2.17 bits per heavy atom. The van der Waals surface area contributed by atoms with E-state index in [-0.39, 0.29) is 18.6 Å². The monoisotopic (exact) mass is 257 g/mol. The number of hydrogen-bond donors (Lipinski definition) is 3. The molecule has 0 aromatic rings. The topological polar surface area (TPSA) is 81.7 Å². The molecular formula is C12H23N3O3. The summed E-state index contributed by atoms with van der Waals surface area (Å²) in [6, 6.07) is -0.106. The Hall–Kier alpha value is -1.30. The molecule has 3 N–H and O–H groups in total. The van der Waals surface area contributed by atoms with Crippen molar-refractivity contribution in [2.75, 3.05) is 26.7 Å². The molecule has 0 aliphatic carbocycles. The Kier molecular flexibility index (Phi) is 5.40. The minimum atomic E-state index is -0.900. The fourth-order valence-corrected chi connectivity index (χ4v) is 2.12. The molecule has 3 unspecified atom stereocenters. The summed E-state index contributed by atoms with van der Waals surface area (Å²) >= 11 is 0. The molecule has 1 fully saturated rings. The SMILES string of the molecule is CC(CNC(=O)NC1CCN(C)CC1C)C(=O)O. The predicted molar refractivity (Wildman–Crippen MR) is 68.4 cm³/mol. The van der Waals surface area contributed by atoms with E-state index in [1.807, 2.05) is 0 Å². The van der Waals surface area contributed by atoms with Crippen molar-refractivity contribution >= 4 is 12.0 Å². The van der Waals surface area contributed by atoms with Gasteiger partial charge in [0.15, 0.2) is 0 Å². The van der Waals surface area contributed by atoms with Crippen molar-refractivity contribution in [2.45, 2.75) is 26.3 Å². The lowest BCUT2D eigenvalue weighted by atomic mass is 9.94. The molecule has 6 nitrogen and oxygen atoms in total. The van der Waals surface area contributed by atoms with Crippen LogP contribution in [0.25, 0.3) is 0 Å². The molecule has 0 radical (unpaired) electrons. The maximum Gasteiger partial charge on any atom is 0.315 e. The summed E-state index contributed by atoms with van der Waals surface area (Å²) in [5.41, 5.74) is 0. The molecule has 1 aliphatic rings. The number of piperidine rings is 1. The van der Waals surface area contributed by atoms with Gasteiger partial charge >= 0.3 is 12.0 Å². The number of rotatable bonds is 4. The molecule has 104 valence electrons. The average molecular weight is 257 g/mol. The van der Waals surface area contributed by atoms with Crippen LogP contribution in [0.4, 0.5) is 4.79 Å². The third-order valence-corrected chi connectivity index (χ3v) is 3.42. The van der Waals surface area contributed by atoms with Crippen LogP contribution in [0.5, 0.6) is 0 Å². The van der Waals surface area contributed by atoms with Crippen LogP contribution in [0.1, 0.15) is 20.3 Å². The number of urea groups is 1. The quantitative estimate of drug-likeness (QED) is 0.678. The summed E-state index contributed by atoms with van der Waals surface area (Å²) in [5.74, 6) is -1.06. The maximum atomic E-state index is 11.6. The molecule has 0 aromatic heterocycles. The van der Waals surface area contributed by atoms with E-state index in [4.69, 9.17) is 5.11 Å². The minimum Gasteiger partial charge on any atom is -0.481 e. The number of likely N-dealkylation sites (tertiary alicyclic amines) is 1. The van der Waals surface area contributed by atoms with E-state index in [1.54, 1.807) is 6.92 Å². The van der Waals surface area contributed by atoms with E-state index in [9.17, 15) is 9.59 Å². The van der Waals surface area contributed by atoms with Gasteiger partial charge in [-0.25, -0.2) is 4.79 Å². The Morgan fingerprint density at radius 3 is 2.72 bits per heavy atom. The van der Waals surface area contributed by atoms with Gasteiger partial charge in [-0.1, -0.05) is 13.8 Å². The van der Waals surface area contributed by atoms with Crippen LogP contribution in [0.3, 0.4) is 0 Å². The smallest absolute Gasteiger partial charge is 0.315 e. The fraction of sp³-hybridized carbons (Fsp3) is 0.833. The van der Waals surface area contributed by atoms with Crippen LogP contribution in [0.15, 0.2) is 0 Å². The predicted octanol–water partition coefficient (Wildman–Crippen LogP) is 0.347. The fourth-order valence-electron chi connectivity index (χ4n) is 2.12. The van der Waals surface area contributed by atoms with Crippen molar-refractivity contribution in [3.05, 3.63) is 0 Å². The Morgan fingerprint density at radius 1 is 1.50 bits per heavy atom. The van der Waals surface area contributed by atoms with Crippen LogP contribution in [-0.4, -0.2) is 54.7 Å². The lowest BCUT2D eigenvalue weighted by molar-refractivity contribution is -0.140. The Labute approximate surface area is 108 Å². The second-order valence-corrected chi connectivity index (χ2v) is 5.23. The standard InChI is InChI=1S/C12H23N3O3/c1-8(11(16)17)6-13-12(18)14-10-4-5-15(3)7-9(10)2/h8-10H,4-7H2,1-3H3,(H,16,17)(H2,13,14,18). The maximum absolute atomic E-state index is 11.6. The van der Waals surface area contributed by atoms with E-state index in [0.29, 0.717) is 5.92 Å². The first-order valence-electron chi connectivity index (χ1n) is 6.36. The summed E-state index contributed by atoms with van der Waals surface area (Å²) in [5, 5.41) is 14.2. The number of aliphatic carboxylic acids is 1. The van der Waals surface area contributed by atoms with Crippen molar-refractivity contribution in [1.29, 1.82) is 0 Å². The molecule has 0 bridgehead atoms. The highest BCUT2D eigenvalue weighted by molar-refractivity contribution is 5.76. The van der Waals surface area contributed by atoms with Crippen molar-refractivity contribution < 1.29 is 14.7 Å². The highest BCUT2D eigenvalue weighted by Gasteiger charge is 2.25. The Balaban J connectivity index is 2.29. The number of carbonyl (C=O) groups is 2. The molecule has 1 rings (SSSR count). The third kappa shape index (κ3) is 4.52. The highest BCUT2D eigenvalue weighted by atomic mass is 16.4. The van der Waals surface area contributed by atoms with Crippen molar-refractivity contribution in [2.24, 2.45) is 11.8 Å². The highest BCUT2D eigenvalue weighted by Crippen LogP contribution is 2.14. The lowest BCUT2D eigenvalue weighted by Gasteiger charge is -2.35. The molecule has 1 saturated heterocycles. The number of nitrogens with one attached hydrogen (secondary N) is 2. The molecule has 6 heteroatoms. The summed E-state index contributed by atoms with van der Waals surface area (Å²) in [6.45, 7) is 5.78. The number of nitrogens with zero attached hydrogens (tertiary/aromatic N) is 1. The summed E-state index contributed by atoms with van der Waals surface area (Å²) in [4.78, 5) is 24.5. The lowest BCUT2D eigenvalue weighted by Crippen LogP contribution is -2.52. The summed E-state index contributed by atoms with van der Waals surface area (Å²) < 4.78 is 0. The van der Waals surface area contributed by atoms with Crippen molar-refractivity contribution in [3.8, 4) is 0 Å². The van der Waals surface area contributed by atoms with Crippen molar-refractivity contribution in [3.63, 3.8) is 0 Å². The van der Waals surface area contributed by atoms with Gasteiger partial charge in [0, 0.05) is 19.1 Å². The van der Waals surface area contributed by atoms with E-state index in [1.165, 1.54) is 0 Å². The first-order chi connectivity index (χ1) is 8.40. The number of amides is 2. The van der Waals surface area contributed by atoms with Crippen LogP contribution in [-0.2, 0) is 4.79 Å². The van der Waals surface area contributed by atoms with Crippen LogP contribution in [0.2, 0.25) is 0 Å². The zero-order valence-electron chi connectivity index (χ0n) is 11.3. The van der Waals surface area contributed by atoms with Gasteiger partial charge < -0.3 is 20.6 Å². The zero-order chi connectivity index (χ0) is 13.7. The molecule has 3 atom stereocenters. The molecular weight excluding hydrogens is 234 g/mol. The number of carboxylic acids is 1. The second-order valence-electron chi connectivity index (χ2n) is 5.23. The summed E-state index contributed by atoms with van der Waals surface area (Å²) in [6.07, 6.45) is 0.930. The van der Waals surface area contributed by atoms with E-state index in [0.717, 1.165) is 19.5 Å². The summed E-state index contributed by atoms with van der Waals surface area (Å²) in [7, 11) is 2.07. The van der Waals surface area contributed by atoms with Gasteiger partial charge in [0.2, 0.25) is 0 Å². The average Bonchev–Trinajstić information content (AvgIpc) is 2.29. The first-order valence-corrected chi connectivity index (χ1v) is 6.36. The molecule has 0 aromatic carbocycles. The molecule has 18 heavy (non-hydrogen) atoms. The minimum absolute atomic E-state index is 0.155. The normalized spacial score (nSPS) is 26.4. The van der Waals surface area contributed by atoms with Gasteiger partial charge in [-0.3, -0.25) is 4.79 Å². The van der Waals surface area contributed by atoms with Crippen LogP contribution in [0, 0.1) is 11.8 Å². The molecule has 1 heterocycles. The second kappa shape index (κ2) is 6.58. The first kappa shape index (κ1) is 14.8. The van der Waals surface area contributed by atoms with Gasteiger partial charge in [0.1, 0.15) is 0 Å². The van der Waals surface area contributed by atoms with Gasteiger partial charge in [-0.05, 0) is 25.9 Å². The van der Waals surface area contributed by atoms with E-state index >= 15 is 0 Å². The van der Waals surface area contributed by atoms with Gasteiger partial charge in [0.05, 0.1) is 5.92 Å².